The number of thiazole rings is 1. The molecule has 28 heavy (non-hydrogen) atoms. The Morgan fingerprint density at radius 1 is 1.18 bits per heavy atom. The van der Waals surface area contributed by atoms with Crippen molar-refractivity contribution in [3.63, 3.8) is 0 Å². The first-order valence-corrected chi connectivity index (χ1v) is 11.5. The number of benzene rings is 2. The van der Waals surface area contributed by atoms with Crippen molar-refractivity contribution >= 4 is 39.2 Å². The van der Waals surface area contributed by atoms with Crippen LogP contribution in [-0.2, 0) is 16.1 Å². The number of hydrogen-bond donors (Lipinski definition) is 0. The summed E-state index contributed by atoms with van der Waals surface area (Å²) in [5, 5.41) is 0. The predicted octanol–water partition coefficient (Wildman–Crippen LogP) is 4.84. The van der Waals surface area contributed by atoms with Gasteiger partial charge in [0.2, 0.25) is 5.91 Å². The van der Waals surface area contributed by atoms with Crippen LogP contribution in [0.15, 0.2) is 58.9 Å². The molecule has 4 rings (SSSR count). The maximum atomic E-state index is 12.7. The summed E-state index contributed by atoms with van der Waals surface area (Å²) in [6.45, 7) is 3.00. The Bertz CT molecular complexity index is 880. The lowest BCUT2D eigenvalue weighted by Gasteiger charge is -2.32. The number of carbonyl (C=O) groups excluding carboxylic acids is 1. The highest BCUT2D eigenvalue weighted by Gasteiger charge is 2.24. The van der Waals surface area contributed by atoms with E-state index in [0.717, 1.165) is 35.8 Å². The van der Waals surface area contributed by atoms with Crippen molar-refractivity contribution in [1.29, 1.82) is 0 Å². The van der Waals surface area contributed by atoms with E-state index < -0.39 is 0 Å². The zero-order chi connectivity index (χ0) is 19.2. The van der Waals surface area contributed by atoms with Crippen LogP contribution in [0.2, 0.25) is 0 Å². The van der Waals surface area contributed by atoms with E-state index in [4.69, 9.17) is 4.74 Å². The van der Waals surface area contributed by atoms with Gasteiger partial charge in [-0.15, -0.1) is 11.3 Å². The van der Waals surface area contributed by atoms with Gasteiger partial charge in [0.25, 0.3) is 0 Å². The van der Waals surface area contributed by atoms with Crippen molar-refractivity contribution in [2.75, 3.05) is 25.4 Å². The molecule has 1 fully saturated rings. The number of piperidine rings is 1. The first kappa shape index (κ1) is 19.4. The van der Waals surface area contributed by atoms with Crippen LogP contribution in [0.1, 0.15) is 18.4 Å². The molecule has 1 aromatic heterocycles. The zero-order valence-electron chi connectivity index (χ0n) is 15.8. The second-order valence-electron chi connectivity index (χ2n) is 7.08. The van der Waals surface area contributed by atoms with Gasteiger partial charge in [0.1, 0.15) is 0 Å². The Balaban J connectivity index is 1.23. The summed E-state index contributed by atoms with van der Waals surface area (Å²) in [4.78, 5) is 19.3. The third-order valence-electron chi connectivity index (χ3n) is 4.93. The van der Waals surface area contributed by atoms with Gasteiger partial charge in [0.15, 0.2) is 4.34 Å². The van der Waals surface area contributed by atoms with Gasteiger partial charge in [0, 0.05) is 13.1 Å². The Morgan fingerprint density at radius 3 is 2.86 bits per heavy atom. The lowest BCUT2D eigenvalue weighted by Crippen LogP contribution is -2.42. The van der Waals surface area contributed by atoms with Gasteiger partial charge in [-0.1, -0.05) is 54.2 Å². The van der Waals surface area contributed by atoms with E-state index in [1.807, 2.05) is 41.3 Å². The minimum Gasteiger partial charge on any atom is -0.376 e. The minimum atomic E-state index is 0.206. The molecular formula is C22H24N2O2S2. The molecule has 0 radical (unpaired) electrons. The highest BCUT2D eigenvalue weighted by Crippen LogP contribution is 2.29. The summed E-state index contributed by atoms with van der Waals surface area (Å²) >= 11 is 3.21. The molecule has 2 aromatic carbocycles. The van der Waals surface area contributed by atoms with Crippen molar-refractivity contribution in [2.45, 2.75) is 23.8 Å². The van der Waals surface area contributed by atoms with Crippen molar-refractivity contribution in [2.24, 2.45) is 5.92 Å². The summed E-state index contributed by atoms with van der Waals surface area (Å²) in [6, 6.07) is 18.3. The van der Waals surface area contributed by atoms with Crippen LogP contribution in [0.3, 0.4) is 0 Å². The average molecular weight is 413 g/mol. The normalized spacial score (nSPS) is 17.1. The molecular weight excluding hydrogens is 388 g/mol. The number of rotatable bonds is 7. The molecule has 0 saturated carbocycles. The first-order chi connectivity index (χ1) is 13.8. The Labute approximate surface area is 173 Å². The van der Waals surface area contributed by atoms with Crippen LogP contribution in [0.5, 0.6) is 0 Å². The number of carbonyl (C=O) groups is 1. The minimum absolute atomic E-state index is 0.206. The number of ether oxygens (including phenoxy) is 1. The van der Waals surface area contributed by atoms with Crippen LogP contribution in [0, 0.1) is 5.92 Å². The summed E-state index contributed by atoms with van der Waals surface area (Å²) in [6.07, 6.45) is 2.18. The van der Waals surface area contributed by atoms with Crippen LogP contribution in [-0.4, -0.2) is 41.2 Å². The van der Waals surface area contributed by atoms with E-state index in [9.17, 15) is 4.79 Å². The Kier molecular flexibility index (Phi) is 6.62. The zero-order valence-corrected chi connectivity index (χ0v) is 17.4. The molecule has 0 spiro atoms. The van der Waals surface area contributed by atoms with Crippen LogP contribution < -0.4 is 0 Å². The average Bonchev–Trinajstić information content (AvgIpc) is 3.16. The quantitative estimate of drug-likeness (QED) is 0.521. The number of likely N-dealkylation sites (tertiary alicyclic amines) is 1. The van der Waals surface area contributed by atoms with Crippen LogP contribution >= 0.6 is 23.1 Å². The molecule has 1 atom stereocenters. The van der Waals surface area contributed by atoms with Gasteiger partial charge in [-0.3, -0.25) is 4.79 Å². The lowest BCUT2D eigenvalue weighted by atomic mass is 9.99. The summed E-state index contributed by atoms with van der Waals surface area (Å²) in [5.74, 6) is 1.09. The van der Waals surface area contributed by atoms with Gasteiger partial charge in [0.05, 0.1) is 29.2 Å². The number of fused-ring (bicyclic) bond motifs is 1. The van der Waals surface area contributed by atoms with E-state index in [1.165, 1.54) is 10.3 Å². The number of hydrogen-bond acceptors (Lipinski definition) is 5. The Morgan fingerprint density at radius 2 is 2.00 bits per heavy atom. The molecule has 4 nitrogen and oxygen atoms in total. The van der Waals surface area contributed by atoms with Gasteiger partial charge in [-0.2, -0.15) is 0 Å². The molecule has 146 valence electrons. The van der Waals surface area contributed by atoms with E-state index in [0.29, 0.717) is 24.9 Å². The predicted molar refractivity (Wildman–Crippen MR) is 116 cm³/mol. The molecule has 3 aromatic rings. The van der Waals surface area contributed by atoms with E-state index in [1.54, 1.807) is 23.1 Å². The Hall–Kier alpha value is -1.89. The van der Waals surface area contributed by atoms with Gasteiger partial charge < -0.3 is 9.64 Å². The van der Waals surface area contributed by atoms with E-state index in [-0.39, 0.29) is 5.91 Å². The number of para-hydroxylation sites is 1. The molecule has 0 N–H and O–H groups in total. The molecule has 1 saturated heterocycles. The molecule has 2 heterocycles. The topological polar surface area (TPSA) is 42.4 Å². The molecule has 0 bridgehead atoms. The number of aromatic nitrogens is 1. The maximum absolute atomic E-state index is 12.7. The fourth-order valence-electron chi connectivity index (χ4n) is 3.47. The third-order valence-corrected chi connectivity index (χ3v) is 7.09. The summed E-state index contributed by atoms with van der Waals surface area (Å²) in [7, 11) is 0. The standard InChI is InChI=1S/C22H24N2O2S2/c25-21(16-27-22-23-19-10-4-5-11-20(19)28-22)24-12-6-9-18(13-24)15-26-14-17-7-2-1-3-8-17/h1-5,7-8,10-11,18H,6,9,12-16H2. The van der Waals surface area contributed by atoms with Crippen LogP contribution in [0.4, 0.5) is 0 Å². The van der Waals surface area contributed by atoms with Gasteiger partial charge in [-0.05, 0) is 36.5 Å². The van der Waals surface area contributed by atoms with Crippen molar-refractivity contribution in [3.8, 4) is 0 Å². The smallest absolute Gasteiger partial charge is 0.233 e. The fourth-order valence-corrected chi connectivity index (χ4v) is 5.44. The summed E-state index contributed by atoms with van der Waals surface area (Å²) < 4.78 is 8.04. The third kappa shape index (κ3) is 5.13. The molecule has 1 aliphatic rings. The van der Waals surface area contributed by atoms with Crippen LogP contribution in [0.25, 0.3) is 10.2 Å². The monoisotopic (exact) mass is 412 g/mol. The van der Waals surface area contributed by atoms with Crippen molar-refractivity contribution in [3.05, 3.63) is 60.2 Å². The molecule has 6 heteroatoms. The van der Waals surface area contributed by atoms with Gasteiger partial charge in [-0.25, -0.2) is 4.98 Å². The number of nitrogens with zero attached hydrogens (tertiary/aromatic N) is 2. The lowest BCUT2D eigenvalue weighted by molar-refractivity contribution is -0.130. The second-order valence-corrected chi connectivity index (χ2v) is 9.34. The molecule has 1 unspecified atom stereocenters. The molecule has 1 aliphatic heterocycles. The second kappa shape index (κ2) is 9.54. The molecule has 1 amide bonds. The van der Waals surface area contributed by atoms with E-state index in [2.05, 4.69) is 23.2 Å². The highest BCUT2D eigenvalue weighted by atomic mass is 32.2. The largest absolute Gasteiger partial charge is 0.376 e. The van der Waals surface area contributed by atoms with Gasteiger partial charge >= 0.3 is 0 Å². The number of amides is 1. The first-order valence-electron chi connectivity index (χ1n) is 9.66. The molecule has 0 aliphatic carbocycles. The highest BCUT2D eigenvalue weighted by molar-refractivity contribution is 8.01. The van der Waals surface area contributed by atoms with Crippen molar-refractivity contribution in [1.82, 2.24) is 9.88 Å². The summed E-state index contributed by atoms with van der Waals surface area (Å²) in [5.41, 5.74) is 2.20. The number of thioether (sulfide) groups is 1. The SMILES string of the molecule is O=C(CSc1nc2ccccc2s1)N1CCCC(COCc2ccccc2)C1. The van der Waals surface area contributed by atoms with Crippen molar-refractivity contribution < 1.29 is 9.53 Å². The fraction of sp³-hybridized carbons (Fsp3) is 0.364. The van der Waals surface area contributed by atoms with E-state index >= 15 is 0 Å². The maximum Gasteiger partial charge on any atom is 0.233 e.